The van der Waals surface area contributed by atoms with Crippen molar-refractivity contribution in [1.82, 2.24) is 4.90 Å². The number of hydrogen-bond acceptors (Lipinski definition) is 4. The van der Waals surface area contributed by atoms with Crippen LogP contribution < -0.4 is 5.73 Å². The third kappa shape index (κ3) is 3.39. The summed E-state index contributed by atoms with van der Waals surface area (Å²) in [5.74, 6) is 0.414. The van der Waals surface area contributed by atoms with E-state index in [1.165, 1.54) is 12.1 Å². The Labute approximate surface area is 124 Å². The van der Waals surface area contributed by atoms with Crippen molar-refractivity contribution in [3.8, 4) is 0 Å². The molecule has 6 heteroatoms. The van der Waals surface area contributed by atoms with E-state index in [1.54, 1.807) is 13.0 Å². The molecule has 0 spiro atoms. The predicted octanol–water partition coefficient (Wildman–Crippen LogP) is 2.10. The largest absolute Gasteiger partial charge is 0.339 e. The minimum atomic E-state index is -0.449. The molecule has 6 nitrogen and oxygen atoms in total. The zero-order chi connectivity index (χ0) is 15.6. The fourth-order valence-corrected chi connectivity index (χ4v) is 2.80. The van der Waals surface area contributed by atoms with Crippen LogP contribution >= 0.6 is 0 Å². The number of carbonyl (C=O) groups excluding carboxylic acids is 1. The summed E-state index contributed by atoms with van der Waals surface area (Å²) in [5.41, 5.74) is 7.10. The summed E-state index contributed by atoms with van der Waals surface area (Å²) in [4.78, 5) is 24.6. The van der Waals surface area contributed by atoms with Gasteiger partial charge in [0.15, 0.2) is 0 Å². The van der Waals surface area contributed by atoms with Crippen molar-refractivity contribution in [2.75, 3.05) is 13.1 Å². The Bertz CT molecular complexity index is 549. The molecule has 1 fully saturated rings. The van der Waals surface area contributed by atoms with Crippen LogP contribution in [0.1, 0.15) is 35.7 Å². The Morgan fingerprint density at radius 3 is 2.52 bits per heavy atom. The predicted molar refractivity (Wildman–Crippen MR) is 80.1 cm³/mol. The van der Waals surface area contributed by atoms with Gasteiger partial charge >= 0.3 is 0 Å². The van der Waals surface area contributed by atoms with E-state index in [1.807, 2.05) is 11.8 Å². The summed E-state index contributed by atoms with van der Waals surface area (Å²) in [5, 5.41) is 10.7. The SMILES string of the molecule is Cc1cc([N+](=O)[O-])ccc1C(=O)N1CCC(C(C)N)CC1. The molecular weight excluding hydrogens is 270 g/mol. The van der Waals surface area contributed by atoms with Gasteiger partial charge in [-0.2, -0.15) is 0 Å². The highest BCUT2D eigenvalue weighted by Gasteiger charge is 2.26. The van der Waals surface area contributed by atoms with Gasteiger partial charge in [0.25, 0.3) is 11.6 Å². The van der Waals surface area contributed by atoms with Crippen LogP contribution in [0.15, 0.2) is 18.2 Å². The van der Waals surface area contributed by atoms with Gasteiger partial charge in [0.2, 0.25) is 0 Å². The number of amides is 1. The first-order chi connectivity index (χ1) is 9.90. The molecule has 114 valence electrons. The molecular formula is C15H21N3O3. The second kappa shape index (κ2) is 6.22. The molecule has 21 heavy (non-hydrogen) atoms. The monoisotopic (exact) mass is 291 g/mol. The number of aryl methyl sites for hydroxylation is 1. The molecule has 1 unspecified atom stereocenters. The number of likely N-dealkylation sites (tertiary alicyclic amines) is 1. The first kappa shape index (κ1) is 15.4. The minimum absolute atomic E-state index is 0.0136. The van der Waals surface area contributed by atoms with Crippen LogP contribution in [0.2, 0.25) is 0 Å². The lowest BCUT2D eigenvalue weighted by Gasteiger charge is -2.34. The normalized spacial score (nSPS) is 17.6. The lowest BCUT2D eigenvalue weighted by molar-refractivity contribution is -0.384. The third-order valence-corrected chi connectivity index (χ3v) is 4.22. The highest BCUT2D eigenvalue weighted by atomic mass is 16.6. The summed E-state index contributed by atoms with van der Waals surface area (Å²) < 4.78 is 0. The topological polar surface area (TPSA) is 89.5 Å². The number of hydrogen-bond donors (Lipinski definition) is 1. The lowest BCUT2D eigenvalue weighted by atomic mass is 9.90. The highest BCUT2D eigenvalue weighted by molar-refractivity contribution is 5.96. The number of benzene rings is 1. The number of non-ortho nitro benzene ring substituents is 1. The van der Waals surface area contributed by atoms with Gasteiger partial charge in [-0.25, -0.2) is 0 Å². The minimum Gasteiger partial charge on any atom is -0.339 e. The molecule has 1 aromatic rings. The Hall–Kier alpha value is -1.95. The fourth-order valence-electron chi connectivity index (χ4n) is 2.80. The van der Waals surface area contributed by atoms with Crippen molar-refractivity contribution in [3.63, 3.8) is 0 Å². The molecule has 1 aliphatic rings. The van der Waals surface area contributed by atoms with Gasteiger partial charge in [-0.1, -0.05) is 0 Å². The van der Waals surface area contributed by atoms with E-state index >= 15 is 0 Å². The number of nitrogens with two attached hydrogens (primary N) is 1. The lowest BCUT2D eigenvalue weighted by Crippen LogP contribution is -2.42. The van der Waals surface area contributed by atoms with Crippen LogP contribution in [-0.4, -0.2) is 34.9 Å². The van der Waals surface area contributed by atoms with Gasteiger partial charge in [-0.05, 0) is 44.2 Å². The zero-order valence-corrected chi connectivity index (χ0v) is 12.4. The van der Waals surface area contributed by atoms with Crippen molar-refractivity contribution < 1.29 is 9.72 Å². The van der Waals surface area contributed by atoms with Crippen molar-refractivity contribution in [2.45, 2.75) is 32.7 Å². The number of nitro benzene ring substituents is 1. The quantitative estimate of drug-likeness (QED) is 0.682. The van der Waals surface area contributed by atoms with E-state index in [0.29, 0.717) is 30.1 Å². The van der Waals surface area contributed by atoms with Gasteiger partial charge < -0.3 is 10.6 Å². The molecule has 0 bridgehead atoms. The molecule has 0 aromatic heterocycles. The molecule has 1 heterocycles. The van der Waals surface area contributed by atoms with Crippen LogP contribution in [0.4, 0.5) is 5.69 Å². The summed E-state index contributed by atoms with van der Waals surface area (Å²) in [6, 6.07) is 4.54. The van der Waals surface area contributed by atoms with E-state index in [0.717, 1.165) is 12.8 Å². The van der Waals surface area contributed by atoms with Crippen LogP contribution in [0, 0.1) is 23.0 Å². The summed E-state index contributed by atoms with van der Waals surface area (Å²) in [6.07, 6.45) is 1.82. The second-order valence-electron chi connectivity index (χ2n) is 5.75. The van der Waals surface area contributed by atoms with Crippen LogP contribution in [0.5, 0.6) is 0 Å². The highest BCUT2D eigenvalue weighted by Crippen LogP contribution is 2.23. The number of nitro groups is 1. The molecule has 0 saturated carbocycles. The Morgan fingerprint density at radius 2 is 2.05 bits per heavy atom. The molecule has 2 rings (SSSR count). The van der Waals surface area contributed by atoms with E-state index in [4.69, 9.17) is 5.73 Å². The number of piperidine rings is 1. The smallest absolute Gasteiger partial charge is 0.269 e. The zero-order valence-electron chi connectivity index (χ0n) is 12.4. The van der Waals surface area contributed by atoms with Crippen LogP contribution in [0.3, 0.4) is 0 Å². The maximum Gasteiger partial charge on any atom is 0.269 e. The number of carbonyl (C=O) groups is 1. The van der Waals surface area contributed by atoms with Gasteiger partial charge in [0.1, 0.15) is 0 Å². The molecule has 1 amide bonds. The van der Waals surface area contributed by atoms with Crippen molar-refractivity contribution in [2.24, 2.45) is 11.7 Å². The van der Waals surface area contributed by atoms with E-state index < -0.39 is 4.92 Å². The second-order valence-corrected chi connectivity index (χ2v) is 5.75. The molecule has 1 saturated heterocycles. The number of nitrogens with zero attached hydrogens (tertiary/aromatic N) is 2. The van der Waals surface area contributed by atoms with Gasteiger partial charge in [-0.15, -0.1) is 0 Å². The van der Waals surface area contributed by atoms with Gasteiger partial charge in [0, 0.05) is 36.8 Å². The van der Waals surface area contributed by atoms with Crippen LogP contribution in [0.25, 0.3) is 0 Å². The third-order valence-electron chi connectivity index (χ3n) is 4.22. The van der Waals surface area contributed by atoms with E-state index in [9.17, 15) is 14.9 Å². The molecule has 1 aromatic carbocycles. The molecule has 1 aliphatic heterocycles. The Balaban J connectivity index is 2.09. The molecule has 1 atom stereocenters. The standard InChI is InChI=1S/C15H21N3O3/c1-10-9-13(18(20)21)3-4-14(10)15(19)17-7-5-12(6-8-17)11(2)16/h3-4,9,11-12H,5-8,16H2,1-2H3. The maximum atomic E-state index is 12.5. The molecule has 0 radical (unpaired) electrons. The maximum absolute atomic E-state index is 12.5. The fraction of sp³-hybridized carbons (Fsp3) is 0.533. The van der Waals surface area contributed by atoms with E-state index in [-0.39, 0.29) is 17.6 Å². The summed E-state index contributed by atoms with van der Waals surface area (Å²) in [6.45, 7) is 5.13. The molecule has 0 aliphatic carbocycles. The average Bonchev–Trinajstić information content (AvgIpc) is 2.46. The number of rotatable bonds is 3. The Morgan fingerprint density at radius 1 is 1.43 bits per heavy atom. The average molecular weight is 291 g/mol. The van der Waals surface area contributed by atoms with Gasteiger partial charge in [-0.3, -0.25) is 14.9 Å². The Kier molecular flexibility index (Phi) is 4.57. The van der Waals surface area contributed by atoms with Crippen molar-refractivity contribution >= 4 is 11.6 Å². The molecule has 2 N–H and O–H groups in total. The summed E-state index contributed by atoms with van der Waals surface area (Å²) >= 11 is 0. The first-order valence-corrected chi connectivity index (χ1v) is 7.20. The van der Waals surface area contributed by atoms with Crippen LogP contribution in [-0.2, 0) is 0 Å². The van der Waals surface area contributed by atoms with E-state index in [2.05, 4.69) is 0 Å². The van der Waals surface area contributed by atoms with Crippen molar-refractivity contribution in [1.29, 1.82) is 0 Å². The van der Waals surface area contributed by atoms with Gasteiger partial charge in [0.05, 0.1) is 4.92 Å². The van der Waals surface area contributed by atoms with Crippen molar-refractivity contribution in [3.05, 3.63) is 39.4 Å². The summed E-state index contributed by atoms with van der Waals surface area (Å²) in [7, 11) is 0. The first-order valence-electron chi connectivity index (χ1n) is 7.20.